The van der Waals surface area contributed by atoms with Crippen LogP contribution in [0.25, 0.3) is 0 Å². The summed E-state index contributed by atoms with van der Waals surface area (Å²) in [5.41, 5.74) is -0.0320. The molecule has 0 radical (unpaired) electrons. The van der Waals surface area contributed by atoms with Gasteiger partial charge in [-0.05, 0) is 31.0 Å². The fourth-order valence-electron chi connectivity index (χ4n) is 3.17. The van der Waals surface area contributed by atoms with Crippen LogP contribution in [0.1, 0.15) is 36.0 Å². The highest BCUT2D eigenvalue weighted by atomic mass is 32.2. The molecule has 1 aromatic carbocycles. The van der Waals surface area contributed by atoms with Crippen LogP contribution in [-0.4, -0.2) is 71.6 Å². The standard InChI is InChI=1S/C19H26N2O8S/c1-27-15-9-8-13(10-16(15)30(25,26)20-14-6-4-5-7-14)19(24)21(11-17(22)28-2)12-18(23)29-3/h8-10,14,20H,4-7,11-12H2,1-3H3. The first kappa shape index (κ1) is 23.6. The molecule has 1 aliphatic rings. The third kappa shape index (κ3) is 5.92. The lowest BCUT2D eigenvalue weighted by Crippen LogP contribution is -2.40. The zero-order chi connectivity index (χ0) is 22.3. The summed E-state index contributed by atoms with van der Waals surface area (Å²) < 4.78 is 42.7. The maximum Gasteiger partial charge on any atom is 0.325 e. The summed E-state index contributed by atoms with van der Waals surface area (Å²) in [5.74, 6) is -2.14. The number of amides is 1. The highest BCUT2D eigenvalue weighted by Gasteiger charge is 2.28. The second-order valence-electron chi connectivity index (χ2n) is 6.78. The monoisotopic (exact) mass is 442 g/mol. The Kier molecular flexibility index (Phi) is 8.18. The Morgan fingerprint density at radius 3 is 2.10 bits per heavy atom. The molecule has 0 aliphatic heterocycles. The van der Waals surface area contributed by atoms with Gasteiger partial charge in [0.25, 0.3) is 5.91 Å². The Morgan fingerprint density at radius 2 is 1.60 bits per heavy atom. The molecule has 0 heterocycles. The number of hydrogen-bond donors (Lipinski definition) is 1. The Labute approximate surface area is 175 Å². The van der Waals surface area contributed by atoms with Gasteiger partial charge < -0.3 is 19.1 Å². The normalized spacial score (nSPS) is 14.2. The molecular weight excluding hydrogens is 416 g/mol. The Bertz CT molecular complexity index is 876. The fourth-order valence-corrected chi connectivity index (χ4v) is 4.67. The van der Waals surface area contributed by atoms with Crippen molar-refractivity contribution in [1.82, 2.24) is 9.62 Å². The number of carbonyl (C=O) groups is 3. The van der Waals surface area contributed by atoms with Crippen LogP contribution in [0.2, 0.25) is 0 Å². The maximum absolute atomic E-state index is 12.9. The van der Waals surface area contributed by atoms with Crippen LogP contribution in [-0.2, 0) is 29.1 Å². The van der Waals surface area contributed by atoms with E-state index in [0.717, 1.165) is 44.8 Å². The molecule has 0 saturated heterocycles. The van der Waals surface area contributed by atoms with Crippen molar-refractivity contribution >= 4 is 27.9 Å². The van der Waals surface area contributed by atoms with E-state index in [1.54, 1.807) is 0 Å². The number of sulfonamides is 1. The van der Waals surface area contributed by atoms with E-state index in [1.807, 2.05) is 0 Å². The number of carbonyl (C=O) groups excluding carboxylic acids is 3. The number of methoxy groups -OCH3 is 3. The molecule has 1 aromatic rings. The minimum Gasteiger partial charge on any atom is -0.495 e. The predicted octanol–water partition coefficient (Wildman–Crippen LogP) is 0.704. The summed E-state index contributed by atoms with van der Waals surface area (Å²) in [7, 11) is -0.330. The third-order valence-electron chi connectivity index (χ3n) is 4.76. The molecule has 1 fully saturated rings. The lowest BCUT2D eigenvalue weighted by atomic mass is 10.2. The molecule has 0 atom stereocenters. The fraction of sp³-hybridized carbons (Fsp3) is 0.526. The highest BCUT2D eigenvalue weighted by molar-refractivity contribution is 7.89. The van der Waals surface area contributed by atoms with E-state index in [0.29, 0.717) is 0 Å². The van der Waals surface area contributed by atoms with Gasteiger partial charge in [-0.2, -0.15) is 0 Å². The molecule has 1 amide bonds. The number of esters is 2. The van der Waals surface area contributed by atoms with Gasteiger partial charge in [-0.25, -0.2) is 13.1 Å². The lowest BCUT2D eigenvalue weighted by molar-refractivity contribution is -0.144. The molecule has 0 aromatic heterocycles. The Hall–Kier alpha value is -2.66. The summed E-state index contributed by atoms with van der Waals surface area (Å²) in [6, 6.07) is 3.71. The predicted molar refractivity (Wildman–Crippen MR) is 106 cm³/mol. The lowest BCUT2D eigenvalue weighted by Gasteiger charge is -2.21. The van der Waals surface area contributed by atoms with Crippen molar-refractivity contribution in [1.29, 1.82) is 0 Å². The summed E-state index contributed by atoms with van der Waals surface area (Å²) in [4.78, 5) is 37.0. The highest BCUT2D eigenvalue weighted by Crippen LogP contribution is 2.27. The van der Waals surface area contributed by atoms with E-state index in [4.69, 9.17) is 4.74 Å². The Morgan fingerprint density at radius 1 is 1.03 bits per heavy atom. The van der Waals surface area contributed by atoms with Crippen LogP contribution < -0.4 is 9.46 Å². The number of ether oxygens (including phenoxy) is 3. The molecule has 1 saturated carbocycles. The molecule has 11 heteroatoms. The summed E-state index contributed by atoms with van der Waals surface area (Å²) in [6.45, 7) is -1.00. The van der Waals surface area contributed by atoms with Gasteiger partial charge in [0, 0.05) is 11.6 Å². The number of hydrogen-bond acceptors (Lipinski definition) is 8. The first-order chi connectivity index (χ1) is 14.2. The van der Waals surface area contributed by atoms with E-state index in [-0.39, 0.29) is 22.3 Å². The largest absolute Gasteiger partial charge is 0.495 e. The van der Waals surface area contributed by atoms with E-state index >= 15 is 0 Å². The molecule has 0 spiro atoms. The second kappa shape index (κ2) is 10.4. The first-order valence-corrected chi connectivity index (χ1v) is 10.8. The van der Waals surface area contributed by atoms with Crippen molar-refractivity contribution in [2.75, 3.05) is 34.4 Å². The SMILES string of the molecule is COC(=O)CN(CC(=O)OC)C(=O)c1ccc(OC)c(S(=O)(=O)NC2CCCC2)c1. The van der Waals surface area contributed by atoms with Crippen LogP contribution in [0, 0.1) is 0 Å². The van der Waals surface area contributed by atoms with Crippen LogP contribution in [0.15, 0.2) is 23.1 Å². The van der Waals surface area contributed by atoms with Crippen molar-refractivity contribution in [3.8, 4) is 5.75 Å². The summed E-state index contributed by atoms with van der Waals surface area (Å²) in [6.07, 6.45) is 3.37. The van der Waals surface area contributed by atoms with Gasteiger partial charge in [-0.15, -0.1) is 0 Å². The average Bonchev–Trinajstić information content (AvgIpc) is 3.24. The van der Waals surface area contributed by atoms with Crippen LogP contribution in [0.5, 0.6) is 5.75 Å². The molecule has 2 rings (SSSR count). The quantitative estimate of drug-likeness (QED) is 0.554. The molecule has 0 unspecified atom stereocenters. The van der Waals surface area contributed by atoms with Gasteiger partial charge in [0.2, 0.25) is 10.0 Å². The zero-order valence-corrected chi connectivity index (χ0v) is 18.0. The van der Waals surface area contributed by atoms with Gasteiger partial charge in [0.05, 0.1) is 21.3 Å². The minimum atomic E-state index is -3.95. The smallest absolute Gasteiger partial charge is 0.325 e. The number of nitrogens with one attached hydrogen (secondary N) is 1. The van der Waals surface area contributed by atoms with Crippen LogP contribution in [0.3, 0.4) is 0 Å². The summed E-state index contributed by atoms with van der Waals surface area (Å²) in [5, 5.41) is 0. The van der Waals surface area contributed by atoms with Crippen molar-refractivity contribution in [2.45, 2.75) is 36.6 Å². The van der Waals surface area contributed by atoms with Gasteiger partial charge in [-0.1, -0.05) is 12.8 Å². The molecule has 1 N–H and O–H groups in total. The van der Waals surface area contributed by atoms with Gasteiger partial charge in [-0.3, -0.25) is 14.4 Å². The Balaban J connectivity index is 2.37. The number of benzene rings is 1. The van der Waals surface area contributed by atoms with E-state index < -0.39 is 41.0 Å². The first-order valence-electron chi connectivity index (χ1n) is 9.35. The third-order valence-corrected chi connectivity index (χ3v) is 6.30. The van der Waals surface area contributed by atoms with Gasteiger partial charge in [0.15, 0.2) is 0 Å². The van der Waals surface area contributed by atoms with E-state index in [1.165, 1.54) is 25.3 Å². The second-order valence-corrected chi connectivity index (χ2v) is 8.46. The van der Waals surface area contributed by atoms with Gasteiger partial charge in [0.1, 0.15) is 23.7 Å². The molecular formula is C19H26N2O8S. The number of nitrogens with zero attached hydrogens (tertiary/aromatic N) is 1. The van der Waals surface area contributed by atoms with Gasteiger partial charge >= 0.3 is 11.9 Å². The van der Waals surface area contributed by atoms with Crippen molar-refractivity contribution in [2.24, 2.45) is 0 Å². The number of rotatable bonds is 9. The topological polar surface area (TPSA) is 128 Å². The van der Waals surface area contributed by atoms with Crippen molar-refractivity contribution < 1.29 is 37.0 Å². The molecule has 10 nitrogen and oxygen atoms in total. The van der Waals surface area contributed by atoms with E-state index in [9.17, 15) is 22.8 Å². The maximum atomic E-state index is 12.9. The molecule has 30 heavy (non-hydrogen) atoms. The van der Waals surface area contributed by atoms with E-state index in [2.05, 4.69) is 14.2 Å². The van der Waals surface area contributed by atoms with Crippen molar-refractivity contribution in [3.05, 3.63) is 23.8 Å². The van der Waals surface area contributed by atoms with Crippen molar-refractivity contribution in [3.63, 3.8) is 0 Å². The minimum absolute atomic E-state index is 0.0320. The molecule has 0 bridgehead atoms. The zero-order valence-electron chi connectivity index (χ0n) is 17.2. The molecule has 1 aliphatic carbocycles. The molecule has 166 valence electrons. The average molecular weight is 442 g/mol. The van der Waals surface area contributed by atoms with Crippen LogP contribution >= 0.6 is 0 Å². The van der Waals surface area contributed by atoms with Crippen LogP contribution in [0.4, 0.5) is 0 Å². The summed E-state index contributed by atoms with van der Waals surface area (Å²) >= 11 is 0.